The van der Waals surface area contributed by atoms with E-state index >= 15 is 0 Å². The second-order valence-corrected chi connectivity index (χ2v) is 7.03. The van der Waals surface area contributed by atoms with Crippen molar-refractivity contribution in [1.82, 2.24) is 10.6 Å². The first-order chi connectivity index (χ1) is 10.1. The van der Waals surface area contributed by atoms with E-state index in [9.17, 15) is 22.0 Å². The third kappa shape index (κ3) is 6.28. The first-order valence-corrected chi connectivity index (χ1v) is 8.49. The summed E-state index contributed by atoms with van der Waals surface area (Å²) in [7, 11) is -3.38. The van der Waals surface area contributed by atoms with E-state index in [0.29, 0.717) is 11.3 Å². The third-order valence-corrected chi connectivity index (χ3v) is 3.73. The van der Waals surface area contributed by atoms with Gasteiger partial charge in [0.05, 0.1) is 18.8 Å². The van der Waals surface area contributed by atoms with Crippen molar-refractivity contribution in [2.24, 2.45) is 0 Å². The Morgan fingerprint density at radius 1 is 1.43 bits per heavy atom. The highest BCUT2D eigenvalue weighted by Crippen LogP contribution is 2.25. The Morgan fingerprint density at radius 2 is 2.13 bits per heavy atom. The fourth-order valence-electron chi connectivity index (χ4n) is 2.17. The lowest BCUT2D eigenvalue weighted by Crippen LogP contribution is -2.40. The molecule has 1 unspecified atom stereocenters. The summed E-state index contributed by atoms with van der Waals surface area (Å²) < 4.78 is 50.7. The van der Waals surface area contributed by atoms with Gasteiger partial charge in [-0.1, -0.05) is 12.1 Å². The SMILES string of the molecule is CS(=O)(=O)Nc1cccc(CNC(=O)C2CC(F)(F)CN2)c1.Cl. The van der Waals surface area contributed by atoms with Crippen molar-refractivity contribution in [3.63, 3.8) is 0 Å². The molecule has 2 rings (SSSR count). The van der Waals surface area contributed by atoms with Gasteiger partial charge in [-0.2, -0.15) is 0 Å². The molecule has 6 nitrogen and oxygen atoms in total. The predicted octanol–water partition coefficient (Wildman–Crippen LogP) is 1.09. The fourth-order valence-corrected chi connectivity index (χ4v) is 2.73. The van der Waals surface area contributed by atoms with Gasteiger partial charge in [0.25, 0.3) is 5.92 Å². The number of carbonyl (C=O) groups is 1. The molecule has 1 saturated heterocycles. The molecular weight excluding hydrogens is 352 g/mol. The summed E-state index contributed by atoms with van der Waals surface area (Å²) in [5, 5.41) is 5.03. The Bertz CT molecular complexity index is 670. The molecule has 0 aliphatic carbocycles. The number of sulfonamides is 1. The van der Waals surface area contributed by atoms with E-state index in [1.54, 1.807) is 24.3 Å². The van der Waals surface area contributed by atoms with E-state index in [1.165, 1.54) is 0 Å². The first-order valence-electron chi connectivity index (χ1n) is 6.60. The minimum Gasteiger partial charge on any atom is -0.351 e. The minimum absolute atomic E-state index is 0. The van der Waals surface area contributed by atoms with Crippen LogP contribution in [0.5, 0.6) is 0 Å². The molecule has 1 amide bonds. The molecule has 1 aliphatic heterocycles. The third-order valence-electron chi connectivity index (χ3n) is 3.12. The quantitative estimate of drug-likeness (QED) is 0.725. The monoisotopic (exact) mass is 369 g/mol. The number of halogens is 3. The molecule has 1 fully saturated rings. The normalized spacial score (nSPS) is 19.7. The molecule has 1 aromatic carbocycles. The molecule has 1 aromatic rings. The molecule has 0 radical (unpaired) electrons. The summed E-state index contributed by atoms with van der Waals surface area (Å²) in [5.74, 6) is -3.36. The maximum absolute atomic E-state index is 13.0. The maximum Gasteiger partial charge on any atom is 0.262 e. The summed E-state index contributed by atoms with van der Waals surface area (Å²) >= 11 is 0. The topological polar surface area (TPSA) is 87.3 Å². The number of benzene rings is 1. The van der Waals surface area contributed by atoms with Crippen molar-refractivity contribution >= 4 is 34.0 Å². The average molecular weight is 370 g/mol. The van der Waals surface area contributed by atoms with E-state index < -0.39 is 40.9 Å². The number of rotatable bonds is 5. The Kier molecular flexibility index (Phi) is 6.32. The second kappa shape index (κ2) is 7.41. The lowest BCUT2D eigenvalue weighted by atomic mass is 10.1. The molecule has 130 valence electrons. The van der Waals surface area contributed by atoms with Crippen LogP contribution in [0, 0.1) is 0 Å². The van der Waals surface area contributed by atoms with Crippen molar-refractivity contribution in [2.75, 3.05) is 17.5 Å². The molecule has 0 saturated carbocycles. The zero-order valence-electron chi connectivity index (χ0n) is 12.3. The van der Waals surface area contributed by atoms with E-state index in [-0.39, 0.29) is 19.0 Å². The van der Waals surface area contributed by atoms with Gasteiger partial charge in [-0.3, -0.25) is 14.8 Å². The van der Waals surface area contributed by atoms with Crippen LogP contribution in [0.4, 0.5) is 14.5 Å². The van der Waals surface area contributed by atoms with Gasteiger partial charge in [0.1, 0.15) is 0 Å². The van der Waals surface area contributed by atoms with Gasteiger partial charge in [0.15, 0.2) is 0 Å². The van der Waals surface area contributed by atoms with Crippen molar-refractivity contribution in [3.05, 3.63) is 29.8 Å². The number of hydrogen-bond donors (Lipinski definition) is 3. The van der Waals surface area contributed by atoms with Crippen LogP contribution in [0.1, 0.15) is 12.0 Å². The van der Waals surface area contributed by atoms with Gasteiger partial charge in [0.2, 0.25) is 15.9 Å². The van der Waals surface area contributed by atoms with Crippen molar-refractivity contribution < 1.29 is 22.0 Å². The maximum atomic E-state index is 13.0. The van der Waals surface area contributed by atoms with Crippen LogP contribution >= 0.6 is 12.4 Å². The van der Waals surface area contributed by atoms with Crippen LogP contribution < -0.4 is 15.4 Å². The lowest BCUT2D eigenvalue weighted by molar-refractivity contribution is -0.123. The highest BCUT2D eigenvalue weighted by Gasteiger charge is 2.42. The van der Waals surface area contributed by atoms with Crippen LogP contribution in [0.2, 0.25) is 0 Å². The van der Waals surface area contributed by atoms with Crippen LogP contribution in [0.15, 0.2) is 24.3 Å². The van der Waals surface area contributed by atoms with E-state index in [1.807, 2.05) is 0 Å². The molecule has 10 heteroatoms. The summed E-state index contributed by atoms with van der Waals surface area (Å²) in [4.78, 5) is 11.8. The van der Waals surface area contributed by atoms with Gasteiger partial charge in [-0.15, -0.1) is 12.4 Å². The molecule has 1 aliphatic rings. The number of amides is 1. The van der Waals surface area contributed by atoms with Crippen LogP contribution in [0.3, 0.4) is 0 Å². The predicted molar refractivity (Wildman–Crippen MR) is 85.4 cm³/mol. The Hall–Kier alpha value is -1.45. The first kappa shape index (κ1) is 19.6. The Morgan fingerprint density at radius 3 is 2.70 bits per heavy atom. The van der Waals surface area contributed by atoms with Crippen LogP contribution in [-0.4, -0.2) is 39.1 Å². The van der Waals surface area contributed by atoms with Gasteiger partial charge >= 0.3 is 0 Å². The van der Waals surface area contributed by atoms with Crippen molar-refractivity contribution in [3.8, 4) is 0 Å². The van der Waals surface area contributed by atoms with Gasteiger partial charge in [-0.25, -0.2) is 17.2 Å². The highest BCUT2D eigenvalue weighted by molar-refractivity contribution is 7.92. The standard InChI is InChI=1S/C13H17F2N3O3S.ClH/c1-22(20,21)18-10-4-2-3-9(5-10)7-16-12(19)11-6-13(14,15)8-17-11;/h2-5,11,17-18H,6-8H2,1H3,(H,16,19);1H. The van der Waals surface area contributed by atoms with Crippen LogP contribution in [-0.2, 0) is 21.4 Å². The molecule has 3 N–H and O–H groups in total. The number of nitrogens with one attached hydrogen (secondary N) is 3. The minimum atomic E-state index is -3.38. The fraction of sp³-hybridized carbons (Fsp3) is 0.462. The molecule has 1 heterocycles. The molecule has 0 bridgehead atoms. The van der Waals surface area contributed by atoms with Gasteiger partial charge in [0, 0.05) is 18.7 Å². The zero-order chi connectivity index (χ0) is 16.4. The summed E-state index contributed by atoms with van der Waals surface area (Å²) in [6.07, 6.45) is 0.516. The summed E-state index contributed by atoms with van der Waals surface area (Å²) in [5.41, 5.74) is 1.03. The second-order valence-electron chi connectivity index (χ2n) is 5.29. The largest absolute Gasteiger partial charge is 0.351 e. The van der Waals surface area contributed by atoms with Gasteiger partial charge < -0.3 is 5.32 Å². The molecule has 0 spiro atoms. The summed E-state index contributed by atoms with van der Waals surface area (Å²) in [6.45, 7) is -0.374. The smallest absolute Gasteiger partial charge is 0.262 e. The Balaban J connectivity index is 0.00000264. The zero-order valence-corrected chi connectivity index (χ0v) is 13.9. The lowest BCUT2D eigenvalue weighted by Gasteiger charge is -2.12. The average Bonchev–Trinajstić information content (AvgIpc) is 2.75. The summed E-state index contributed by atoms with van der Waals surface area (Å²) in [6, 6.07) is 5.57. The van der Waals surface area contributed by atoms with E-state index in [2.05, 4.69) is 15.4 Å². The van der Waals surface area contributed by atoms with Crippen molar-refractivity contribution in [2.45, 2.75) is 24.9 Å². The number of anilines is 1. The van der Waals surface area contributed by atoms with Crippen molar-refractivity contribution in [1.29, 1.82) is 0 Å². The number of alkyl halides is 2. The molecular formula is C13H18ClF2N3O3S. The van der Waals surface area contributed by atoms with Gasteiger partial charge in [-0.05, 0) is 17.7 Å². The molecule has 23 heavy (non-hydrogen) atoms. The van der Waals surface area contributed by atoms with Crippen LogP contribution in [0.25, 0.3) is 0 Å². The Labute approximate surface area is 139 Å². The molecule has 1 atom stereocenters. The molecule has 0 aromatic heterocycles. The van der Waals surface area contributed by atoms with E-state index in [4.69, 9.17) is 0 Å². The van der Waals surface area contributed by atoms with E-state index in [0.717, 1.165) is 6.26 Å². The number of carbonyl (C=O) groups excluding carboxylic acids is 1. The number of hydrogen-bond acceptors (Lipinski definition) is 4. The highest BCUT2D eigenvalue weighted by atomic mass is 35.5.